The maximum Gasteiger partial charge on any atom is 0.0362 e. The molecule has 0 aromatic carbocycles. The van der Waals surface area contributed by atoms with Crippen LogP contribution in [0.2, 0.25) is 0 Å². The Hall–Kier alpha value is -0.0800. The standard InChI is InChI=1S/C16H28N2/c17-11-16(7-5-13-9-15(13)16)18-8-6-12-3-1-2-4-14(12)10-18/h12-15H,1-11,17H2. The summed E-state index contributed by atoms with van der Waals surface area (Å²) in [5, 5.41) is 0. The Bertz CT molecular complexity index is 329. The maximum absolute atomic E-state index is 6.24. The van der Waals surface area contributed by atoms with E-state index in [1.807, 2.05) is 0 Å². The van der Waals surface area contributed by atoms with Gasteiger partial charge in [0.25, 0.3) is 0 Å². The molecule has 102 valence electrons. The highest BCUT2D eigenvalue weighted by molar-refractivity contribution is 5.14. The lowest BCUT2D eigenvalue weighted by molar-refractivity contribution is -0.000913. The summed E-state index contributed by atoms with van der Waals surface area (Å²) in [6, 6.07) is 0. The van der Waals surface area contributed by atoms with Crippen LogP contribution in [0.3, 0.4) is 0 Å². The molecule has 0 amide bonds. The predicted octanol–water partition coefficient (Wildman–Crippen LogP) is 2.63. The zero-order chi connectivity index (χ0) is 12.2. The quantitative estimate of drug-likeness (QED) is 0.814. The van der Waals surface area contributed by atoms with Crippen LogP contribution in [0.1, 0.15) is 51.4 Å². The number of likely N-dealkylation sites (tertiary alicyclic amines) is 1. The molecular weight excluding hydrogens is 220 g/mol. The van der Waals surface area contributed by atoms with Crippen molar-refractivity contribution in [3.63, 3.8) is 0 Å². The van der Waals surface area contributed by atoms with E-state index in [9.17, 15) is 0 Å². The molecule has 1 saturated heterocycles. The molecule has 0 aromatic rings. The van der Waals surface area contributed by atoms with Gasteiger partial charge in [-0.25, -0.2) is 0 Å². The van der Waals surface area contributed by atoms with Gasteiger partial charge in [-0.15, -0.1) is 0 Å². The number of hydrogen-bond donors (Lipinski definition) is 1. The molecule has 0 aromatic heterocycles. The first-order chi connectivity index (χ1) is 8.83. The fourth-order valence-corrected chi connectivity index (χ4v) is 5.63. The molecule has 2 N–H and O–H groups in total. The summed E-state index contributed by atoms with van der Waals surface area (Å²) in [6.45, 7) is 3.65. The molecule has 5 atom stereocenters. The van der Waals surface area contributed by atoms with E-state index in [2.05, 4.69) is 4.90 Å². The van der Waals surface area contributed by atoms with Crippen molar-refractivity contribution in [3.05, 3.63) is 0 Å². The second-order valence-corrected chi connectivity index (χ2v) is 7.49. The van der Waals surface area contributed by atoms with Crippen LogP contribution in [0, 0.1) is 23.7 Å². The molecule has 18 heavy (non-hydrogen) atoms. The number of nitrogens with two attached hydrogens (primary N) is 1. The smallest absolute Gasteiger partial charge is 0.0362 e. The van der Waals surface area contributed by atoms with Crippen molar-refractivity contribution in [2.24, 2.45) is 29.4 Å². The summed E-state index contributed by atoms with van der Waals surface area (Å²) in [5.74, 6) is 4.09. The van der Waals surface area contributed by atoms with E-state index in [1.165, 1.54) is 64.5 Å². The Morgan fingerprint density at radius 2 is 1.83 bits per heavy atom. The van der Waals surface area contributed by atoms with E-state index in [0.29, 0.717) is 5.54 Å². The van der Waals surface area contributed by atoms with Crippen LogP contribution >= 0.6 is 0 Å². The van der Waals surface area contributed by atoms with Crippen molar-refractivity contribution in [2.75, 3.05) is 19.6 Å². The molecule has 0 radical (unpaired) electrons. The monoisotopic (exact) mass is 248 g/mol. The Kier molecular flexibility index (Phi) is 2.74. The van der Waals surface area contributed by atoms with E-state index in [-0.39, 0.29) is 0 Å². The van der Waals surface area contributed by atoms with Crippen LogP contribution in [0.4, 0.5) is 0 Å². The van der Waals surface area contributed by atoms with Crippen molar-refractivity contribution in [1.82, 2.24) is 4.90 Å². The van der Waals surface area contributed by atoms with Crippen molar-refractivity contribution in [1.29, 1.82) is 0 Å². The Labute approximate surface area is 111 Å². The zero-order valence-electron chi connectivity index (χ0n) is 11.6. The maximum atomic E-state index is 6.24. The van der Waals surface area contributed by atoms with Gasteiger partial charge in [0.05, 0.1) is 0 Å². The average molecular weight is 248 g/mol. The molecule has 0 bridgehead atoms. The number of nitrogens with zero attached hydrogens (tertiary/aromatic N) is 1. The minimum Gasteiger partial charge on any atom is -0.329 e. The Morgan fingerprint density at radius 1 is 1.00 bits per heavy atom. The molecule has 4 aliphatic rings. The highest BCUT2D eigenvalue weighted by Crippen LogP contribution is 2.60. The normalized spacial score (nSPS) is 51.8. The van der Waals surface area contributed by atoms with Crippen molar-refractivity contribution < 1.29 is 0 Å². The third-order valence-electron chi connectivity index (χ3n) is 6.84. The average Bonchev–Trinajstić information content (AvgIpc) is 3.13. The summed E-state index contributed by atoms with van der Waals surface area (Å²) in [5.41, 5.74) is 6.68. The number of rotatable bonds is 2. The number of fused-ring (bicyclic) bond motifs is 2. The van der Waals surface area contributed by atoms with Gasteiger partial charge in [-0.1, -0.05) is 19.3 Å². The van der Waals surface area contributed by atoms with Crippen molar-refractivity contribution >= 4 is 0 Å². The fourth-order valence-electron chi connectivity index (χ4n) is 5.63. The lowest BCUT2D eigenvalue weighted by Crippen LogP contribution is -2.58. The van der Waals surface area contributed by atoms with Gasteiger partial charge < -0.3 is 5.73 Å². The van der Waals surface area contributed by atoms with Crippen LogP contribution < -0.4 is 5.73 Å². The lowest BCUT2D eigenvalue weighted by Gasteiger charge is -2.50. The second-order valence-electron chi connectivity index (χ2n) is 7.49. The fraction of sp³-hybridized carbons (Fsp3) is 1.00. The third-order valence-corrected chi connectivity index (χ3v) is 6.84. The van der Waals surface area contributed by atoms with Gasteiger partial charge >= 0.3 is 0 Å². The lowest BCUT2D eigenvalue weighted by atomic mass is 9.73. The van der Waals surface area contributed by atoms with Gasteiger partial charge in [0, 0.05) is 18.6 Å². The van der Waals surface area contributed by atoms with Crippen molar-refractivity contribution in [2.45, 2.75) is 56.9 Å². The molecule has 2 heteroatoms. The van der Waals surface area contributed by atoms with E-state index < -0.39 is 0 Å². The van der Waals surface area contributed by atoms with E-state index in [1.54, 1.807) is 0 Å². The molecule has 3 aliphatic carbocycles. The van der Waals surface area contributed by atoms with Crippen LogP contribution in [0.15, 0.2) is 0 Å². The van der Waals surface area contributed by atoms with Gasteiger partial charge in [0.15, 0.2) is 0 Å². The highest BCUT2D eigenvalue weighted by atomic mass is 15.2. The highest BCUT2D eigenvalue weighted by Gasteiger charge is 2.60. The first kappa shape index (κ1) is 11.7. The van der Waals surface area contributed by atoms with Crippen LogP contribution in [0.25, 0.3) is 0 Å². The molecule has 2 nitrogen and oxygen atoms in total. The van der Waals surface area contributed by atoms with Gasteiger partial charge in [-0.3, -0.25) is 4.90 Å². The minimum atomic E-state index is 0.438. The van der Waals surface area contributed by atoms with Crippen LogP contribution in [0.5, 0.6) is 0 Å². The number of piperidine rings is 1. The molecular formula is C16H28N2. The van der Waals surface area contributed by atoms with E-state index in [0.717, 1.165) is 30.2 Å². The predicted molar refractivity (Wildman–Crippen MR) is 74.3 cm³/mol. The van der Waals surface area contributed by atoms with Crippen molar-refractivity contribution in [3.8, 4) is 0 Å². The largest absolute Gasteiger partial charge is 0.329 e. The first-order valence-corrected chi connectivity index (χ1v) is 8.28. The summed E-state index contributed by atoms with van der Waals surface area (Å²) < 4.78 is 0. The van der Waals surface area contributed by atoms with Gasteiger partial charge in [0.1, 0.15) is 0 Å². The first-order valence-electron chi connectivity index (χ1n) is 8.28. The van der Waals surface area contributed by atoms with Crippen LogP contribution in [-0.4, -0.2) is 30.1 Å². The Morgan fingerprint density at radius 3 is 2.50 bits per heavy atom. The zero-order valence-corrected chi connectivity index (χ0v) is 11.6. The third kappa shape index (κ3) is 1.61. The van der Waals surface area contributed by atoms with Gasteiger partial charge in [-0.05, 0) is 62.3 Å². The summed E-state index contributed by atoms with van der Waals surface area (Å²) in [7, 11) is 0. The Balaban J connectivity index is 1.51. The van der Waals surface area contributed by atoms with E-state index >= 15 is 0 Å². The van der Waals surface area contributed by atoms with Gasteiger partial charge in [0.2, 0.25) is 0 Å². The SMILES string of the molecule is NCC1(N2CCC3CCCCC3C2)CCC2CC21. The summed E-state index contributed by atoms with van der Waals surface area (Å²) in [6.07, 6.45) is 11.8. The molecule has 4 fully saturated rings. The molecule has 3 saturated carbocycles. The molecule has 1 heterocycles. The summed E-state index contributed by atoms with van der Waals surface area (Å²) in [4.78, 5) is 2.86. The molecule has 1 aliphatic heterocycles. The van der Waals surface area contributed by atoms with E-state index in [4.69, 9.17) is 5.73 Å². The molecule has 0 spiro atoms. The molecule has 4 rings (SSSR count). The second kappa shape index (κ2) is 4.21. The minimum absolute atomic E-state index is 0.438. The number of hydrogen-bond acceptors (Lipinski definition) is 2. The van der Waals surface area contributed by atoms with Crippen LogP contribution in [-0.2, 0) is 0 Å². The molecule has 5 unspecified atom stereocenters. The van der Waals surface area contributed by atoms with Gasteiger partial charge in [-0.2, -0.15) is 0 Å². The topological polar surface area (TPSA) is 29.3 Å². The summed E-state index contributed by atoms with van der Waals surface area (Å²) >= 11 is 0.